The minimum atomic E-state index is -0.697. The van der Waals surface area contributed by atoms with Gasteiger partial charge >= 0.3 is 0 Å². The zero-order valence-electron chi connectivity index (χ0n) is 43.6. The molecule has 1 aliphatic rings. The number of fused-ring (bicyclic) bond motifs is 10. The van der Waals surface area contributed by atoms with Crippen molar-refractivity contribution in [1.29, 1.82) is 0 Å². The minimum absolute atomic E-state index is 0.515. The van der Waals surface area contributed by atoms with Crippen LogP contribution < -0.4 is 0 Å². The number of rotatable bonds is 9. The smallest absolute Gasteiger partial charge is 0.238 e. The predicted octanol–water partition coefficient (Wildman–Crippen LogP) is 16.9. The lowest BCUT2D eigenvalue weighted by Crippen LogP contribution is -2.29. The molecule has 8 nitrogen and oxygen atoms in total. The summed E-state index contributed by atoms with van der Waals surface area (Å²) in [6, 6.07) is 98.1. The molecule has 0 radical (unpaired) electrons. The maximum absolute atomic E-state index is 5.69. The van der Waals surface area contributed by atoms with E-state index >= 15 is 0 Å². The Morgan fingerprint density at radius 3 is 1.23 bits per heavy atom. The van der Waals surface area contributed by atoms with Gasteiger partial charge in [-0.2, -0.15) is 9.97 Å². The van der Waals surface area contributed by atoms with Crippen LogP contribution in [0.5, 0.6) is 0 Å². The second kappa shape index (κ2) is 18.6. The van der Waals surface area contributed by atoms with E-state index < -0.39 is 5.41 Å². The molecule has 0 saturated heterocycles. The first-order chi connectivity index (χ1) is 40.2. The lowest BCUT2D eigenvalue weighted by molar-refractivity contribution is 0.769. The van der Waals surface area contributed by atoms with Crippen LogP contribution in [0.2, 0.25) is 0 Å². The zero-order chi connectivity index (χ0) is 53.4. The van der Waals surface area contributed by atoms with Crippen molar-refractivity contribution in [3.8, 4) is 79.7 Å². The number of aromatic nitrogens is 8. The van der Waals surface area contributed by atoms with E-state index in [1.807, 2.05) is 54.6 Å². The Balaban J connectivity index is 0.987. The Labute approximate surface area is 466 Å². The summed E-state index contributed by atoms with van der Waals surface area (Å²) in [4.78, 5) is 32.5. The molecular formula is C73H46N8. The second-order valence-electron chi connectivity index (χ2n) is 20.5. The molecule has 0 saturated carbocycles. The van der Waals surface area contributed by atoms with Crippen LogP contribution in [0.15, 0.2) is 279 Å². The second-order valence-corrected chi connectivity index (χ2v) is 20.5. The molecule has 81 heavy (non-hydrogen) atoms. The highest BCUT2D eigenvalue weighted by atomic mass is 15.2. The van der Waals surface area contributed by atoms with Gasteiger partial charge in [-0.3, -0.25) is 4.57 Å². The van der Waals surface area contributed by atoms with Crippen molar-refractivity contribution in [3.05, 3.63) is 301 Å². The number of nitrogens with zero attached hydrogens (tertiary/aromatic N) is 8. The summed E-state index contributed by atoms with van der Waals surface area (Å²) >= 11 is 0. The van der Waals surface area contributed by atoms with Crippen molar-refractivity contribution in [2.45, 2.75) is 5.41 Å². The summed E-state index contributed by atoms with van der Waals surface area (Å²) in [7, 11) is 0. The Kier molecular flexibility index (Phi) is 10.6. The van der Waals surface area contributed by atoms with Crippen LogP contribution in [0, 0.1) is 0 Å². The van der Waals surface area contributed by atoms with Crippen LogP contribution in [-0.2, 0) is 5.41 Å². The van der Waals surface area contributed by atoms with E-state index in [2.05, 4.69) is 234 Å². The normalized spacial score (nSPS) is 12.5. The van der Waals surface area contributed by atoms with E-state index in [9.17, 15) is 0 Å². The lowest BCUT2D eigenvalue weighted by Gasteiger charge is -2.35. The van der Waals surface area contributed by atoms with Gasteiger partial charge in [-0.1, -0.05) is 255 Å². The Morgan fingerprint density at radius 1 is 0.259 bits per heavy atom. The van der Waals surface area contributed by atoms with Crippen molar-refractivity contribution in [1.82, 2.24) is 39.0 Å². The summed E-state index contributed by atoms with van der Waals surface area (Å²) in [6.07, 6.45) is 0. The van der Waals surface area contributed by atoms with Gasteiger partial charge in [-0.25, -0.2) is 19.9 Å². The zero-order valence-corrected chi connectivity index (χ0v) is 43.6. The number of para-hydroxylation sites is 3. The largest absolute Gasteiger partial charge is 0.306 e. The first kappa shape index (κ1) is 46.2. The molecule has 1 aliphatic carbocycles. The van der Waals surface area contributed by atoms with Gasteiger partial charge < -0.3 is 4.57 Å². The molecular weight excluding hydrogens is 989 g/mol. The average molecular weight is 1040 g/mol. The number of hydrogen-bond donors (Lipinski definition) is 0. The quantitative estimate of drug-likeness (QED) is 0.143. The molecule has 16 rings (SSSR count). The van der Waals surface area contributed by atoms with Gasteiger partial charge in [0.2, 0.25) is 5.95 Å². The van der Waals surface area contributed by atoms with E-state index in [-0.39, 0.29) is 0 Å². The van der Waals surface area contributed by atoms with Gasteiger partial charge in [0.15, 0.2) is 29.1 Å². The summed E-state index contributed by atoms with van der Waals surface area (Å²) in [5, 5.41) is 4.33. The highest BCUT2D eigenvalue weighted by molar-refractivity contribution is 6.24. The summed E-state index contributed by atoms with van der Waals surface area (Å²) in [6.45, 7) is 0. The van der Waals surface area contributed by atoms with Crippen molar-refractivity contribution in [2.24, 2.45) is 0 Å². The molecule has 0 atom stereocenters. The van der Waals surface area contributed by atoms with Crippen LogP contribution in [0.3, 0.4) is 0 Å². The SMILES string of the molecule is c1ccc(-c2nc(-c3ccccc3-n3c4ccccc4c4ccc5c6ccccc6n(-c6nc(-c7ccccc7)nc(-c7ccccc7)n6)c5c43)nc(-c3cccc4c3C(c3ccccc3)(c3ccccc3)c3ccccc3-4)n2)cc1. The van der Waals surface area contributed by atoms with E-state index in [1.54, 1.807) is 0 Å². The molecule has 0 aliphatic heterocycles. The summed E-state index contributed by atoms with van der Waals surface area (Å²) in [5.41, 5.74) is 15.6. The van der Waals surface area contributed by atoms with Gasteiger partial charge in [0.25, 0.3) is 0 Å². The van der Waals surface area contributed by atoms with Crippen molar-refractivity contribution in [3.63, 3.8) is 0 Å². The fourth-order valence-electron chi connectivity index (χ4n) is 12.7. The molecule has 4 aromatic heterocycles. The molecule has 0 fully saturated rings. The van der Waals surface area contributed by atoms with Crippen LogP contribution in [0.1, 0.15) is 22.3 Å². The van der Waals surface area contributed by atoms with E-state index in [0.29, 0.717) is 35.1 Å². The predicted molar refractivity (Wildman–Crippen MR) is 326 cm³/mol. The minimum Gasteiger partial charge on any atom is -0.306 e. The molecule has 0 bridgehead atoms. The maximum atomic E-state index is 5.69. The molecule has 0 N–H and O–H groups in total. The summed E-state index contributed by atoms with van der Waals surface area (Å²) in [5.74, 6) is 3.38. The van der Waals surface area contributed by atoms with Crippen LogP contribution in [0.4, 0.5) is 0 Å². The van der Waals surface area contributed by atoms with Crippen LogP contribution in [0.25, 0.3) is 123 Å². The Bertz CT molecular complexity index is 4820. The highest BCUT2D eigenvalue weighted by Gasteiger charge is 2.48. The van der Waals surface area contributed by atoms with Crippen molar-refractivity contribution in [2.75, 3.05) is 0 Å². The first-order valence-corrected chi connectivity index (χ1v) is 27.3. The van der Waals surface area contributed by atoms with Gasteiger partial charge in [-0.15, -0.1) is 0 Å². The Morgan fingerprint density at radius 2 is 0.654 bits per heavy atom. The lowest BCUT2D eigenvalue weighted by atomic mass is 9.66. The van der Waals surface area contributed by atoms with E-state index in [0.717, 1.165) is 99.4 Å². The van der Waals surface area contributed by atoms with Crippen LogP contribution >= 0.6 is 0 Å². The van der Waals surface area contributed by atoms with Crippen molar-refractivity contribution < 1.29 is 0 Å². The molecule has 11 aromatic carbocycles. The standard InChI is InChI=1S/C73H46N8/c1-6-25-47(26-7-1)67-75-70(77-71(76-67)59-40-24-39-55-52-35-16-20-41-60(52)73(64(55)59,50-31-12-4-13-32-50)51-33-14-5-15-34-51)58-38-19-23-44-63(58)80-61-42-21-17-36-53(61)56-45-46-57-54-37-18-22-43-62(54)81(66(57)65(56)80)72-78-68(48-27-8-2-9-28-48)74-69(79-72)49-29-10-3-11-30-49/h1-46H. The highest BCUT2D eigenvalue weighted by Crippen LogP contribution is 2.58. The molecule has 0 unspecified atom stereocenters. The monoisotopic (exact) mass is 1030 g/mol. The average Bonchev–Trinajstić information content (AvgIpc) is 4.36. The molecule has 378 valence electrons. The van der Waals surface area contributed by atoms with Gasteiger partial charge in [-0.05, 0) is 57.6 Å². The van der Waals surface area contributed by atoms with Crippen LogP contribution in [-0.4, -0.2) is 39.0 Å². The molecule has 0 spiro atoms. The molecule has 0 amide bonds. The molecule has 8 heteroatoms. The number of hydrogen-bond acceptors (Lipinski definition) is 6. The molecule has 4 heterocycles. The fraction of sp³-hybridized carbons (Fsp3) is 0.0137. The van der Waals surface area contributed by atoms with Gasteiger partial charge in [0.1, 0.15) is 0 Å². The summed E-state index contributed by atoms with van der Waals surface area (Å²) < 4.78 is 4.63. The maximum Gasteiger partial charge on any atom is 0.238 e. The first-order valence-electron chi connectivity index (χ1n) is 27.3. The van der Waals surface area contributed by atoms with E-state index in [1.165, 1.54) is 11.1 Å². The molecule has 15 aromatic rings. The Hall–Kier alpha value is -11.0. The van der Waals surface area contributed by atoms with Gasteiger partial charge in [0.05, 0.1) is 33.2 Å². The van der Waals surface area contributed by atoms with Crippen molar-refractivity contribution >= 4 is 43.6 Å². The third-order valence-electron chi connectivity index (χ3n) is 16.1. The third kappa shape index (κ3) is 7.17. The topological polar surface area (TPSA) is 87.2 Å². The third-order valence-corrected chi connectivity index (χ3v) is 16.1. The fourth-order valence-corrected chi connectivity index (χ4v) is 12.7. The van der Waals surface area contributed by atoms with E-state index in [4.69, 9.17) is 29.9 Å². The van der Waals surface area contributed by atoms with Gasteiger partial charge in [0, 0.05) is 49.4 Å². The number of benzene rings is 11.